The van der Waals surface area contributed by atoms with Crippen molar-refractivity contribution in [3.8, 4) is 0 Å². The van der Waals surface area contributed by atoms with E-state index in [1.165, 1.54) is 16.0 Å². The number of amides is 1. The minimum atomic E-state index is -0.231. The third-order valence-corrected chi connectivity index (χ3v) is 6.90. The third kappa shape index (κ3) is 6.41. The first kappa shape index (κ1) is 20.9. The number of aliphatic hydroxyl groups is 1. The Balaban J connectivity index is 1.77. The highest BCUT2D eigenvalue weighted by atomic mass is 79.9. The maximum absolute atomic E-state index is 12.2. The molecule has 138 valence electrons. The lowest BCUT2D eigenvalue weighted by Crippen LogP contribution is -2.28. The van der Waals surface area contributed by atoms with Gasteiger partial charge in [0.05, 0.1) is 11.8 Å². The molecule has 0 aliphatic heterocycles. The first-order valence-electron chi connectivity index (χ1n) is 8.23. The highest BCUT2D eigenvalue weighted by Gasteiger charge is 2.11. The smallest absolute Gasteiger partial charge is 0.250 e. The first-order valence-corrected chi connectivity index (χ1v) is 11.3. The van der Waals surface area contributed by atoms with Crippen molar-refractivity contribution >= 4 is 43.4 Å². The van der Waals surface area contributed by atoms with Crippen LogP contribution < -0.4 is 5.32 Å². The van der Waals surface area contributed by atoms with Crippen molar-refractivity contribution in [1.82, 2.24) is 5.32 Å². The van der Waals surface area contributed by atoms with Gasteiger partial charge in [-0.25, -0.2) is 0 Å². The van der Waals surface area contributed by atoms with Crippen molar-refractivity contribution in [2.75, 3.05) is 12.3 Å². The molecule has 2 aromatic rings. The van der Waals surface area contributed by atoms with Gasteiger partial charge in [0.15, 0.2) is 0 Å². The zero-order valence-corrected chi connectivity index (χ0v) is 18.0. The number of hydrogen-bond donors (Lipinski definition) is 2. The fraction of sp³-hybridized carbons (Fsp3) is 0.250. The van der Waals surface area contributed by atoms with Crippen LogP contribution in [0, 0.1) is 13.8 Å². The molecule has 0 aliphatic carbocycles. The molecule has 0 unspecified atom stereocenters. The number of rotatable bonds is 8. The zero-order chi connectivity index (χ0) is 18.9. The highest BCUT2D eigenvalue weighted by Crippen LogP contribution is 2.35. The number of aliphatic hydroxyl groups excluding tert-OH is 1. The Kier molecular flexibility index (Phi) is 8.62. The summed E-state index contributed by atoms with van der Waals surface area (Å²) in [5.74, 6) is 0.560. The minimum absolute atomic E-state index is 0.231. The number of hydrogen-bond acceptors (Lipinski definition) is 4. The summed E-state index contributed by atoms with van der Waals surface area (Å²) < 4.78 is 0.952. The lowest BCUT2D eigenvalue weighted by Gasteiger charge is -2.10. The minimum Gasteiger partial charge on any atom is -0.515 e. The SMILES string of the molecule is Cc1cccc(C)c1SSCCNC(=O)/C(=C/O)Cc1cccc(Br)c1. The molecule has 26 heavy (non-hydrogen) atoms. The van der Waals surface area contributed by atoms with E-state index in [1.807, 2.05) is 24.3 Å². The van der Waals surface area contributed by atoms with Gasteiger partial charge in [0, 0.05) is 28.1 Å². The van der Waals surface area contributed by atoms with Gasteiger partial charge in [0.25, 0.3) is 5.91 Å². The maximum Gasteiger partial charge on any atom is 0.250 e. The summed E-state index contributed by atoms with van der Waals surface area (Å²) in [5.41, 5.74) is 3.86. The molecule has 6 heteroatoms. The van der Waals surface area contributed by atoms with Crippen LogP contribution >= 0.6 is 37.5 Å². The van der Waals surface area contributed by atoms with Crippen LogP contribution in [-0.4, -0.2) is 23.3 Å². The molecule has 0 heterocycles. The average Bonchev–Trinajstić information content (AvgIpc) is 2.61. The summed E-state index contributed by atoms with van der Waals surface area (Å²) in [4.78, 5) is 13.5. The summed E-state index contributed by atoms with van der Waals surface area (Å²) >= 11 is 3.41. The van der Waals surface area contributed by atoms with Gasteiger partial charge in [-0.15, -0.1) is 0 Å². The van der Waals surface area contributed by atoms with E-state index < -0.39 is 0 Å². The van der Waals surface area contributed by atoms with E-state index in [0.717, 1.165) is 22.1 Å². The Morgan fingerprint density at radius 2 is 1.88 bits per heavy atom. The van der Waals surface area contributed by atoms with Gasteiger partial charge in [-0.1, -0.05) is 67.8 Å². The molecule has 0 atom stereocenters. The molecule has 2 aromatic carbocycles. The molecule has 0 saturated heterocycles. The molecule has 0 saturated carbocycles. The molecular formula is C20H22BrNO2S2. The van der Waals surface area contributed by atoms with Crippen molar-refractivity contribution in [2.45, 2.75) is 25.2 Å². The van der Waals surface area contributed by atoms with Crippen molar-refractivity contribution in [2.24, 2.45) is 0 Å². The molecule has 0 fully saturated rings. The molecule has 2 rings (SSSR count). The standard InChI is InChI=1S/C20H22BrNO2S2/c1-14-5-3-6-15(2)19(14)26-25-10-9-22-20(24)17(13-23)11-16-7-4-8-18(21)12-16/h3-8,12-13,23H,9-11H2,1-2H3,(H,22,24)/b17-13+. The van der Waals surface area contributed by atoms with Gasteiger partial charge in [0.1, 0.15) is 0 Å². The van der Waals surface area contributed by atoms with Crippen molar-refractivity contribution in [3.63, 3.8) is 0 Å². The van der Waals surface area contributed by atoms with Crippen LogP contribution in [0.4, 0.5) is 0 Å². The van der Waals surface area contributed by atoms with E-state index in [9.17, 15) is 9.90 Å². The van der Waals surface area contributed by atoms with E-state index in [1.54, 1.807) is 21.6 Å². The normalized spacial score (nSPS) is 11.4. The van der Waals surface area contributed by atoms with Gasteiger partial charge in [-0.05, 0) is 42.7 Å². The predicted molar refractivity (Wildman–Crippen MR) is 116 cm³/mol. The Hall–Kier alpha value is -1.37. The molecule has 0 aliphatic rings. The van der Waals surface area contributed by atoms with Crippen LogP contribution in [0.15, 0.2) is 63.7 Å². The molecule has 0 aromatic heterocycles. The van der Waals surface area contributed by atoms with Crippen LogP contribution in [0.1, 0.15) is 16.7 Å². The fourth-order valence-corrected chi connectivity index (χ4v) is 5.28. The summed E-state index contributed by atoms with van der Waals surface area (Å²) in [6.45, 7) is 4.77. The van der Waals surface area contributed by atoms with E-state index in [-0.39, 0.29) is 5.91 Å². The molecule has 0 spiro atoms. The van der Waals surface area contributed by atoms with Crippen molar-refractivity contribution < 1.29 is 9.90 Å². The average molecular weight is 452 g/mol. The van der Waals surface area contributed by atoms with Crippen LogP contribution in [0.3, 0.4) is 0 Å². The van der Waals surface area contributed by atoms with Gasteiger partial charge in [-0.3, -0.25) is 4.79 Å². The number of benzene rings is 2. The Morgan fingerprint density at radius 1 is 1.19 bits per heavy atom. The van der Waals surface area contributed by atoms with E-state index in [0.29, 0.717) is 18.5 Å². The molecule has 1 amide bonds. The van der Waals surface area contributed by atoms with Gasteiger partial charge >= 0.3 is 0 Å². The Labute approximate surface area is 171 Å². The summed E-state index contributed by atoms with van der Waals surface area (Å²) in [7, 11) is 3.46. The number of aryl methyl sites for hydroxylation is 2. The Bertz CT molecular complexity index is 773. The highest BCUT2D eigenvalue weighted by molar-refractivity contribution is 9.10. The first-order chi connectivity index (χ1) is 12.5. The van der Waals surface area contributed by atoms with Crippen LogP contribution in [0.25, 0.3) is 0 Å². The van der Waals surface area contributed by atoms with Gasteiger partial charge in [0.2, 0.25) is 0 Å². The number of halogens is 1. The third-order valence-electron chi connectivity index (χ3n) is 3.75. The zero-order valence-electron chi connectivity index (χ0n) is 14.8. The van der Waals surface area contributed by atoms with Gasteiger partial charge < -0.3 is 10.4 Å². The molecular weight excluding hydrogens is 430 g/mol. The van der Waals surface area contributed by atoms with Crippen molar-refractivity contribution in [3.05, 3.63) is 75.5 Å². The second kappa shape index (κ2) is 10.7. The lowest BCUT2D eigenvalue weighted by atomic mass is 10.1. The van der Waals surface area contributed by atoms with Crippen molar-refractivity contribution in [1.29, 1.82) is 0 Å². The lowest BCUT2D eigenvalue weighted by molar-refractivity contribution is -0.117. The van der Waals surface area contributed by atoms with E-state index in [2.05, 4.69) is 53.3 Å². The van der Waals surface area contributed by atoms with Crippen LogP contribution in [0.5, 0.6) is 0 Å². The second-order valence-corrected chi connectivity index (χ2v) is 9.18. The van der Waals surface area contributed by atoms with E-state index >= 15 is 0 Å². The Morgan fingerprint density at radius 3 is 2.54 bits per heavy atom. The topological polar surface area (TPSA) is 49.3 Å². The quantitative estimate of drug-likeness (QED) is 0.237. The van der Waals surface area contributed by atoms with Crippen LogP contribution in [0.2, 0.25) is 0 Å². The monoisotopic (exact) mass is 451 g/mol. The maximum atomic E-state index is 12.2. The summed E-state index contributed by atoms with van der Waals surface area (Å²) in [5, 5.41) is 12.3. The largest absolute Gasteiger partial charge is 0.515 e. The molecule has 3 nitrogen and oxygen atoms in total. The van der Waals surface area contributed by atoms with Crippen LogP contribution in [-0.2, 0) is 11.2 Å². The molecule has 2 N–H and O–H groups in total. The second-order valence-electron chi connectivity index (χ2n) is 5.84. The van der Waals surface area contributed by atoms with Gasteiger partial charge in [-0.2, -0.15) is 0 Å². The predicted octanol–water partition coefficient (Wildman–Crippen LogP) is 5.61. The summed E-state index contributed by atoms with van der Waals surface area (Å²) in [6.07, 6.45) is 1.29. The van der Waals surface area contributed by atoms with E-state index in [4.69, 9.17) is 0 Å². The fourth-order valence-electron chi connectivity index (χ4n) is 2.40. The number of nitrogens with one attached hydrogen (secondary N) is 1. The molecule has 0 bridgehead atoms. The number of carbonyl (C=O) groups is 1. The molecule has 0 radical (unpaired) electrons. The number of carbonyl (C=O) groups excluding carboxylic acids is 1. The summed E-state index contributed by atoms with van der Waals surface area (Å²) in [6, 6.07) is 14.0.